The third-order valence-corrected chi connectivity index (χ3v) is 4.70. The van der Waals surface area contributed by atoms with E-state index in [1.807, 2.05) is 6.92 Å². The third kappa shape index (κ3) is 4.03. The van der Waals surface area contributed by atoms with Crippen molar-refractivity contribution < 1.29 is 23.7 Å². The molecule has 158 valence electrons. The Morgan fingerprint density at radius 2 is 1.70 bits per heavy atom. The van der Waals surface area contributed by atoms with E-state index in [0.29, 0.717) is 51.9 Å². The molecule has 30 heavy (non-hydrogen) atoms. The minimum absolute atomic E-state index is 0.265. The van der Waals surface area contributed by atoms with Gasteiger partial charge in [0.1, 0.15) is 11.4 Å². The zero-order valence-corrected chi connectivity index (χ0v) is 17.7. The van der Waals surface area contributed by atoms with Gasteiger partial charge in [-0.05, 0) is 36.8 Å². The van der Waals surface area contributed by atoms with Crippen LogP contribution >= 0.6 is 0 Å². The lowest BCUT2D eigenvalue weighted by Gasteiger charge is -2.14. The van der Waals surface area contributed by atoms with Crippen LogP contribution in [0.3, 0.4) is 0 Å². The molecule has 1 amide bonds. The van der Waals surface area contributed by atoms with Crippen LogP contribution in [0.15, 0.2) is 36.4 Å². The number of carbonyl (C=O) groups excluding carboxylic acids is 1. The average molecular weight is 411 g/mol. The highest BCUT2D eigenvalue weighted by atomic mass is 16.5. The fourth-order valence-electron chi connectivity index (χ4n) is 3.15. The molecule has 8 nitrogen and oxygen atoms in total. The maximum Gasteiger partial charge on any atom is 0.255 e. The SMILES string of the molecule is CCc1[nH]nc(-c2cc(OC)c(OC)c(OC)c2)c1NC(=O)c1cccc(OC)c1. The normalized spacial score (nSPS) is 10.4. The number of anilines is 1. The molecule has 0 bridgehead atoms. The molecule has 0 saturated carbocycles. The van der Waals surface area contributed by atoms with Gasteiger partial charge in [-0.3, -0.25) is 9.89 Å². The number of hydrogen-bond donors (Lipinski definition) is 2. The van der Waals surface area contributed by atoms with E-state index in [-0.39, 0.29) is 5.91 Å². The van der Waals surface area contributed by atoms with Gasteiger partial charge in [-0.25, -0.2) is 0 Å². The van der Waals surface area contributed by atoms with Crippen LogP contribution in [0.1, 0.15) is 23.0 Å². The highest BCUT2D eigenvalue weighted by Crippen LogP contribution is 2.42. The molecule has 1 heterocycles. The van der Waals surface area contributed by atoms with Gasteiger partial charge < -0.3 is 24.3 Å². The first-order valence-corrected chi connectivity index (χ1v) is 9.39. The van der Waals surface area contributed by atoms with E-state index in [9.17, 15) is 4.79 Å². The number of H-pyrrole nitrogens is 1. The minimum Gasteiger partial charge on any atom is -0.497 e. The lowest BCUT2D eigenvalue weighted by atomic mass is 10.1. The van der Waals surface area contributed by atoms with Gasteiger partial charge in [-0.15, -0.1) is 0 Å². The van der Waals surface area contributed by atoms with Crippen LogP contribution in [-0.2, 0) is 6.42 Å². The molecular formula is C22H25N3O5. The molecule has 1 aromatic heterocycles. The van der Waals surface area contributed by atoms with E-state index in [1.165, 1.54) is 0 Å². The lowest BCUT2D eigenvalue weighted by molar-refractivity contribution is 0.102. The van der Waals surface area contributed by atoms with Crippen LogP contribution < -0.4 is 24.3 Å². The standard InChI is InChI=1S/C22H25N3O5/c1-6-16-20(23-22(26)13-8-7-9-15(10-13)27-2)19(25-24-16)14-11-17(28-3)21(30-5)18(12-14)29-4/h7-12H,6H2,1-5H3,(H,23,26)(H,24,25). The summed E-state index contributed by atoms with van der Waals surface area (Å²) in [6.45, 7) is 1.98. The number of rotatable bonds is 8. The van der Waals surface area contributed by atoms with E-state index < -0.39 is 0 Å². The second kappa shape index (κ2) is 9.21. The molecule has 2 aromatic carbocycles. The van der Waals surface area contributed by atoms with Crippen LogP contribution in [0.25, 0.3) is 11.3 Å². The molecule has 3 aromatic rings. The van der Waals surface area contributed by atoms with Crippen LogP contribution in [-0.4, -0.2) is 44.5 Å². The zero-order chi connectivity index (χ0) is 21.7. The first-order chi connectivity index (χ1) is 14.6. The number of methoxy groups -OCH3 is 4. The van der Waals surface area contributed by atoms with Crippen LogP contribution in [0.4, 0.5) is 5.69 Å². The first-order valence-electron chi connectivity index (χ1n) is 9.39. The monoisotopic (exact) mass is 411 g/mol. The minimum atomic E-state index is -0.265. The Hall–Kier alpha value is -3.68. The summed E-state index contributed by atoms with van der Waals surface area (Å²) in [5.41, 5.74) is 3.16. The summed E-state index contributed by atoms with van der Waals surface area (Å²) in [5.74, 6) is 1.82. The van der Waals surface area contributed by atoms with Crippen LogP contribution in [0.5, 0.6) is 23.0 Å². The van der Waals surface area contributed by atoms with Crippen LogP contribution in [0.2, 0.25) is 0 Å². The van der Waals surface area contributed by atoms with E-state index in [4.69, 9.17) is 18.9 Å². The molecule has 3 rings (SSSR count). The summed E-state index contributed by atoms with van der Waals surface area (Å²) < 4.78 is 21.5. The third-order valence-electron chi connectivity index (χ3n) is 4.70. The maximum atomic E-state index is 12.9. The van der Waals surface area contributed by atoms with E-state index in [1.54, 1.807) is 64.8 Å². The second-order valence-electron chi connectivity index (χ2n) is 6.38. The second-order valence-corrected chi connectivity index (χ2v) is 6.38. The maximum absolute atomic E-state index is 12.9. The number of nitrogens with one attached hydrogen (secondary N) is 2. The van der Waals surface area contributed by atoms with Gasteiger partial charge >= 0.3 is 0 Å². The Morgan fingerprint density at radius 3 is 2.27 bits per heavy atom. The molecule has 2 N–H and O–H groups in total. The summed E-state index contributed by atoms with van der Waals surface area (Å²) in [4.78, 5) is 12.9. The molecule has 0 radical (unpaired) electrons. The average Bonchev–Trinajstić information content (AvgIpc) is 3.20. The molecule has 0 atom stereocenters. The molecule has 8 heteroatoms. The number of nitrogens with zero attached hydrogens (tertiary/aromatic N) is 1. The number of ether oxygens (including phenoxy) is 4. The largest absolute Gasteiger partial charge is 0.497 e. The number of aryl methyl sites for hydroxylation is 1. The van der Waals surface area contributed by atoms with E-state index in [0.717, 1.165) is 5.69 Å². The summed E-state index contributed by atoms with van der Waals surface area (Å²) in [5, 5.41) is 10.4. The topological polar surface area (TPSA) is 94.7 Å². The Morgan fingerprint density at radius 1 is 1.00 bits per heavy atom. The van der Waals surface area contributed by atoms with E-state index >= 15 is 0 Å². The molecular weight excluding hydrogens is 386 g/mol. The van der Waals surface area contributed by atoms with Crippen LogP contribution in [0, 0.1) is 0 Å². The van der Waals surface area contributed by atoms with Gasteiger partial charge in [0.05, 0.1) is 39.8 Å². The summed E-state index contributed by atoms with van der Waals surface area (Å²) >= 11 is 0. The van der Waals surface area contributed by atoms with E-state index in [2.05, 4.69) is 15.5 Å². The molecule has 0 fully saturated rings. The highest BCUT2D eigenvalue weighted by Gasteiger charge is 2.21. The quantitative estimate of drug-likeness (QED) is 0.583. The lowest BCUT2D eigenvalue weighted by Crippen LogP contribution is -2.13. The van der Waals surface area contributed by atoms with Crippen molar-refractivity contribution in [3.8, 4) is 34.3 Å². The molecule has 0 unspecified atom stereocenters. The van der Waals surface area contributed by atoms with Gasteiger partial charge in [-0.2, -0.15) is 5.10 Å². The smallest absolute Gasteiger partial charge is 0.255 e. The number of carbonyl (C=O) groups is 1. The predicted molar refractivity (Wildman–Crippen MR) is 114 cm³/mol. The number of aromatic amines is 1. The number of aromatic nitrogens is 2. The molecule has 0 aliphatic rings. The van der Waals surface area contributed by atoms with Gasteiger partial charge in [0.15, 0.2) is 11.5 Å². The number of benzene rings is 2. The first kappa shape index (κ1) is 21.0. The van der Waals surface area contributed by atoms with Crippen molar-refractivity contribution in [2.24, 2.45) is 0 Å². The summed E-state index contributed by atoms with van der Waals surface area (Å²) in [6.07, 6.45) is 0.658. The Labute approximate surface area is 175 Å². The van der Waals surface area contributed by atoms with Crippen molar-refractivity contribution >= 4 is 11.6 Å². The number of hydrogen-bond acceptors (Lipinski definition) is 6. The Kier molecular flexibility index (Phi) is 6.46. The van der Waals surface area contributed by atoms with Gasteiger partial charge in [0.25, 0.3) is 5.91 Å². The van der Waals surface area contributed by atoms with Crippen molar-refractivity contribution in [3.63, 3.8) is 0 Å². The fraction of sp³-hybridized carbons (Fsp3) is 0.273. The number of amides is 1. The van der Waals surface area contributed by atoms with Crippen molar-refractivity contribution in [2.75, 3.05) is 33.8 Å². The Bertz CT molecular complexity index is 1020. The van der Waals surface area contributed by atoms with Gasteiger partial charge in [0, 0.05) is 11.1 Å². The van der Waals surface area contributed by atoms with Crippen molar-refractivity contribution in [1.82, 2.24) is 10.2 Å². The molecule has 0 spiro atoms. The molecule has 0 saturated heterocycles. The zero-order valence-electron chi connectivity index (χ0n) is 17.7. The summed E-state index contributed by atoms with van der Waals surface area (Å²) in [6, 6.07) is 10.5. The highest BCUT2D eigenvalue weighted by molar-refractivity contribution is 6.06. The van der Waals surface area contributed by atoms with Gasteiger partial charge in [-0.1, -0.05) is 13.0 Å². The molecule has 0 aliphatic heterocycles. The van der Waals surface area contributed by atoms with Crippen molar-refractivity contribution in [1.29, 1.82) is 0 Å². The van der Waals surface area contributed by atoms with Gasteiger partial charge in [0.2, 0.25) is 5.75 Å². The fourth-order valence-corrected chi connectivity index (χ4v) is 3.15. The van der Waals surface area contributed by atoms with Crippen molar-refractivity contribution in [3.05, 3.63) is 47.7 Å². The Balaban J connectivity index is 2.04. The van der Waals surface area contributed by atoms with Crippen molar-refractivity contribution in [2.45, 2.75) is 13.3 Å². The molecule has 0 aliphatic carbocycles. The summed E-state index contributed by atoms with van der Waals surface area (Å²) in [7, 11) is 6.21. The predicted octanol–water partition coefficient (Wildman–Crippen LogP) is 3.93.